The van der Waals surface area contributed by atoms with Gasteiger partial charge < -0.3 is 16.4 Å². The van der Waals surface area contributed by atoms with Crippen molar-refractivity contribution in [1.82, 2.24) is 10.6 Å². The fraction of sp³-hybridized carbons (Fsp3) is 0.833. The van der Waals surface area contributed by atoms with Gasteiger partial charge in [0.05, 0.1) is 0 Å². The minimum absolute atomic E-state index is 0.000502. The number of carbonyl (C=O) groups is 2. The summed E-state index contributed by atoms with van der Waals surface area (Å²) in [6.45, 7) is 9.22. The van der Waals surface area contributed by atoms with Crippen molar-refractivity contribution in [2.75, 3.05) is 0 Å². The summed E-state index contributed by atoms with van der Waals surface area (Å²) >= 11 is 0. The molecule has 0 bridgehead atoms. The number of amides is 2. The second-order valence-electron chi connectivity index (χ2n) is 5.54. The van der Waals surface area contributed by atoms with Crippen LogP contribution in [0.25, 0.3) is 0 Å². The zero-order valence-electron chi connectivity index (χ0n) is 11.5. The Labute approximate surface area is 104 Å². The van der Waals surface area contributed by atoms with Crippen LogP contribution in [0, 0.1) is 0 Å². The third kappa shape index (κ3) is 8.68. The molecule has 0 aliphatic heterocycles. The van der Waals surface area contributed by atoms with Crippen molar-refractivity contribution in [3.8, 4) is 0 Å². The van der Waals surface area contributed by atoms with Gasteiger partial charge in [-0.25, -0.2) is 0 Å². The minimum Gasteiger partial charge on any atom is -0.350 e. The molecular formula is C12H25N3O2. The molecule has 0 aromatic rings. The fourth-order valence-electron chi connectivity index (χ4n) is 1.22. The van der Waals surface area contributed by atoms with Crippen LogP contribution >= 0.6 is 0 Å². The lowest BCUT2D eigenvalue weighted by molar-refractivity contribution is -0.129. The van der Waals surface area contributed by atoms with Crippen LogP contribution in [0.5, 0.6) is 0 Å². The lowest BCUT2D eigenvalue weighted by Gasteiger charge is -2.23. The second kappa shape index (κ2) is 6.59. The summed E-state index contributed by atoms with van der Waals surface area (Å²) in [6.07, 6.45) is 0.976. The lowest BCUT2D eigenvalue weighted by atomic mass is 10.1. The highest BCUT2D eigenvalue weighted by atomic mass is 16.2. The molecule has 17 heavy (non-hydrogen) atoms. The monoisotopic (exact) mass is 243 g/mol. The molecule has 0 fully saturated rings. The predicted molar refractivity (Wildman–Crippen MR) is 68.4 cm³/mol. The van der Waals surface area contributed by atoms with E-state index in [0.717, 1.165) is 0 Å². The number of nitrogens with one attached hydrogen (secondary N) is 2. The third-order valence-electron chi connectivity index (χ3n) is 2.10. The molecule has 0 aromatic heterocycles. The molecular weight excluding hydrogens is 218 g/mol. The van der Waals surface area contributed by atoms with Crippen LogP contribution in [0.15, 0.2) is 0 Å². The summed E-state index contributed by atoms with van der Waals surface area (Å²) < 4.78 is 0. The molecule has 2 amide bonds. The van der Waals surface area contributed by atoms with Crippen molar-refractivity contribution in [2.24, 2.45) is 5.73 Å². The molecule has 0 spiro atoms. The first-order valence-electron chi connectivity index (χ1n) is 5.99. The Morgan fingerprint density at radius 3 is 2.18 bits per heavy atom. The summed E-state index contributed by atoms with van der Waals surface area (Å²) in [5, 5.41) is 5.46. The van der Waals surface area contributed by atoms with Crippen molar-refractivity contribution < 1.29 is 9.59 Å². The first kappa shape index (κ1) is 15.9. The van der Waals surface area contributed by atoms with E-state index in [1.807, 2.05) is 27.7 Å². The minimum atomic E-state index is -0.519. The lowest BCUT2D eigenvalue weighted by Crippen LogP contribution is -2.50. The number of carbonyl (C=O) groups excluding carboxylic acids is 2. The summed E-state index contributed by atoms with van der Waals surface area (Å²) in [5.74, 6) is -0.314. The summed E-state index contributed by atoms with van der Waals surface area (Å²) in [6, 6.07) is -0.519. The Hall–Kier alpha value is -1.10. The molecule has 2 atom stereocenters. The van der Waals surface area contributed by atoms with Gasteiger partial charge in [-0.15, -0.1) is 0 Å². The Morgan fingerprint density at radius 2 is 1.76 bits per heavy atom. The molecule has 5 nitrogen and oxygen atoms in total. The maximum atomic E-state index is 11.7. The van der Waals surface area contributed by atoms with E-state index >= 15 is 0 Å². The molecule has 0 saturated carbocycles. The van der Waals surface area contributed by atoms with Crippen molar-refractivity contribution in [1.29, 1.82) is 0 Å². The van der Waals surface area contributed by atoms with Crippen LogP contribution in [-0.2, 0) is 9.59 Å². The maximum Gasteiger partial charge on any atom is 0.242 e. The summed E-state index contributed by atoms with van der Waals surface area (Å²) in [5.41, 5.74) is 5.27. The van der Waals surface area contributed by atoms with Crippen molar-refractivity contribution >= 4 is 11.8 Å². The van der Waals surface area contributed by atoms with Gasteiger partial charge in [0.25, 0.3) is 0 Å². The van der Waals surface area contributed by atoms with Gasteiger partial charge in [0.1, 0.15) is 6.04 Å². The third-order valence-corrected chi connectivity index (χ3v) is 2.10. The molecule has 4 N–H and O–H groups in total. The average Bonchev–Trinajstić information content (AvgIpc) is 2.11. The first-order valence-corrected chi connectivity index (χ1v) is 5.99. The Bertz CT molecular complexity index is 269. The number of hydrogen-bond acceptors (Lipinski definition) is 3. The van der Waals surface area contributed by atoms with E-state index in [4.69, 9.17) is 5.73 Å². The van der Waals surface area contributed by atoms with Crippen LogP contribution in [0.4, 0.5) is 0 Å². The van der Waals surface area contributed by atoms with E-state index in [0.29, 0.717) is 12.8 Å². The zero-order valence-corrected chi connectivity index (χ0v) is 11.5. The Balaban J connectivity index is 4.04. The van der Waals surface area contributed by atoms with Gasteiger partial charge in [0.15, 0.2) is 0 Å². The highest BCUT2D eigenvalue weighted by Crippen LogP contribution is 2.00. The van der Waals surface area contributed by atoms with Crippen LogP contribution in [-0.4, -0.2) is 29.4 Å². The summed E-state index contributed by atoms with van der Waals surface area (Å²) in [4.78, 5) is 23.2. The number of nitrogens with two attached hydrogens (primary N) is 1. The SMILES string of the molecule is CC(N)CCC(=O)NC(C)C(=O)NC(C)(C)C. The molecule has 0 rings (SSSR count). The van der Waals surface area contributed by atoms with Crippen molar-refractivity contribution in [3.63, 3.8) is 0 Å². The first-order chi connectivity index (χ1) is 7.61. The van der Waals surface area contributed by atoms with E-state index in [9.17, 15) is 9.59 Å². The topological polar surface area (TPSA) is 84.2 Å². The van der Waals surface area contributed by atoms with E-state index in [1.54, 1.807) is 6.92 Å². The average molecular weight is 243 g/mol. The van der Waals surface area contributed by atoms with Gasteiger partial charge in [-0.2, -0.15) is 0 Å². The van der Waals surface area contributed by atoms with Gasteiger partial charge in [-0.05, 0) is 41.0 Å². The van der Waals surface area contributed by atoms with Crippen LogP contribution < -0.4 is 16.4 Å². The van der Waals surface area contributed by atoms with Crippen LogP contribution in [0.2, 0.25) is 0 Å². The largest absolute Gasteiger partial charge is 0.350 e. The van der Waals surface area contributed by atoms with Crippen LogP contribution in [0.3, 0.4) is 0 Å². The highest BCUT2D eigenvalue weighted by molar-refractivity contribution is 5.87. The zero-order chi connectivity index (χ0) is 13.6. The predicted octanol–water partition coefficient (Wildman–Crippen LogP) is 0.533. The molecule has 0 radical (unpaired) electrons. The van der Waals surface area contributed by atoms with E-state index in [1.165, 1.54) is 0 Å². The quantitative estimate of drug-likeness (QED) is 0.658. The second-order valence-corrected chi connectivity index (χ2v) is 5.54. The molecule has 0 aliphatic carbocycles. The molecule has 100 valence electrons. The smallest absolute Gasteiger partial charge is 0.242 e. The molecule has 0 aromatic carbocycles. The molecule has 0 heterocycles. The van der Waals surface area contributed by atoms with E-state index in [-0.39, 0.29) is 23.4 Å². The van der Waals surface area contributed by atoms with E-state index in [2.05, 4.69) is 10.6 Å². The van der Waals surface area contributed by atoms with Gasteiger partial charge in [0.2, 0.25) is 11.8 Å². The van der Waals surface area contributed by atoms with Gasteiger partial charge >= 0.3 is 0 Å². The van der Waals surface area contributed by atoms with Crippen molar-refractivity contribution in [2.45, 2.75) is 65.1 Å². The number of hydrogen-bond donors (Lipinski definition) is 3. The maximum absolute atomic E-state index is 11.7. The molecule has 5 heteroatoms. The van der Waals surface area contributed by atoms with Gasteiger partial charge in [-0.3, -0.25) is 9.59 Å². The molecule has 2 unspecified atom stereocenters. The van der Waals surface area contributed by atoms with Crippen LogP contribution in [0.1, 0.15) is 47.5 Å². The summed E-state index contributed by atoms with van der Waals surface area (Å²) in [7, 11) is 0. The fourth-order valence-corrected chi connectivity index (χ4v) is 1.22. The Morgan fingerprint density at radius 1 is 1.24 bits per heavy atom. The standard InChI is InChI=1S/C12H25N3O2/c1-8(13)6-7-10(16)14-9(2)11(17)15-12(3,4)5/h8-9H,6-7,13H2,1-5H3,(H,14,16)(H,15,17). The molecule has 0 saturated heterocycles. The normalized spacial score (nSPS) is 14.9. The van der Waals surface area contributed by atoms with Gasteiger partial charge in [0, 0.05) is 18.0 Å². The highest BCUT2D eigenvalue weighted by Gasteiger charge is 2.20. The number of rotatable bonds is 5. The Kier molecular flexibility index (Phi) is 6.16. The molecule has 0 aliphatic rings. The van der Waals surface area contributed by atoms with Crippen molar-refractivity contribution in [3.05, 3.63) is 0 Å². The van der Waals surface area contributed by atoms with E-state index < -0.39 is 6.04 Å². The van der Waals surface area contributed by atoms with Gasteiger partial charge in [-0.1, -0.05) is 0 Å².